The number of nitrogens with zero attached hydrogens (tertiary/aromatic N) is 2. The average molecular weight is 402 g/mol. The van der Waals surface area contributed by atoms with Crippen LogP contribution in [0.4, 0.5) is 5.69 Å². The number of aryl methyl sites for hydroxylation is 1. The van der Waals surface area contributed by atoms with E-state index in [0.29, 0.717) is 6.42 Å². The van der Waals surface area contributed by atoms with Gasteiger partial charge in [0.25, 0.3) is 0 Å². The Hall–Kier alpha value is -2.25. The Bertz CT molecular complexity index is 986. The summed E-state index contributed by atoms with van der Waals surface area (Å²) in [6, 6.07) is 7.71. The number of amides is 1. The molecular formula is C21H27N3O3S. The van der Waals surface area contributed by atoms with E-state index in [0.717, 1.165) is 34.4 Å². The largest absolute Gasteiger partial charge is 0.315 e. The lowest BCUT2D eigenvalue weighted by molar-refractivity contribution is -0.118. The van der Waals surface area contributed by atoms with Crippen LogP contribution in [0.25, 0.3) is 11.1 Å². The van der Waals surface area contributed by atoms with E-state index in [1.807, 2.05) is 32.0 Å². The molecule has 3 rings (SSSR count). The zero-order valence-electron chi connectivity index (χ0n) is 16.8. The summed E-state index contributed by atoms with van der Waals surface area (Å²) >= 11 is 0. The standard InChI is InChI=1S/C21H27N3O3S/c1-5-28(26,27)23-21(14(2)3)18-11-17(12-22-13-18)15-6-8-19-16(10-15)7-9-20(25)24(19)4/h6,8,10-14,21,23H,5,7,9H2,1-4H3/t21-/m1/s1. The third kappa shape index (κ3) is 4.25. The Morgan fingerprint density at radius 3 is 2.57 bits per heavy atom. The zero-order valence-corrected chi connectivity index (χ0v) is 17.6. The minimum atomic E-state index is -3.33. The summed E-state index contributed by atoms with van der Waals surface area (Å²) in [6.07, 6.45) is 4.75. The van der Waals surface area contributed by atoms with Gasteiger partial charge in [-0.05, 0) is 54.2 Å². The van der Waals surface area contributed by atoms with Gasteiger partial charge < -0.3 is 4.90 Å². The van der Waals surface area contributed by atoms with Crippen molar-refractivity contribution in [2.24, 2.45) is 5.92 Å². The van der Waals surface area contributed by atoms with E-state index in [2.05, 4.69) is 15.8 Å². The highest BCUT2D eigenvalue weighted by molar-refractivity contribution is 7.89. The first-order valence-electron chi connectivity index (χ1n) is 9.56. The Morgan fingerprint density at radius 2 is 1.89 bits per heavy atom. The molecule has 1 amide bonds. The van der Waals surface area contributed by atoms with Gasteiger partial charge >= 0.3 is 0 Å². The average Bonchev–Trinajstić information content (AvgIpc) is 2.68. The van der Waals surface area contributed by atoms with Crippen LogP contribution < -0.4 is 9.62 Å². The highest BCUT2D eigenvalue weighted by Gasteiger charge is 2.23. The van der Waals surface area contributed by atoms with Gasteiger partial charge in [0.2, 0.25) is 15.9 Å². The van der Waals surface area contributed by atoms with Gasteiger partial charge in [-0.2, -0.15) is 0 Å². The Labute approximate surface area is 167 Å². The van der Waals surface area contributed by atoms with Crippen molar-refractivity contribution in [3.63, 3.8) is 0 Å². The maximum absolute atomic E-state index is 12.1. The van der Waals surface area contributed by atoms with Gasteiger partial charge in [0.15, 0.2) is 0 Å². The molecule has 28 heavy (non-hydrogen) atoms. The molecule has 6 nitrogen and oxygen atoms in total. The summed E-state index contributed by atoms with van der Waals surface area (Å²) in [6.45, 7) is 5.60. The molecule has 0 saturated carbocycles. The van der Waals surface area contributed by atoms with Crippen molar-refractivity contribution >= 4 is 21.6 Å². The normalized spacial score (nSPS) is 15.6. The first-order chi connectivity index (χ1) is 13.2. The number of carbonyl (C=O) groups excluding carboxylic acids is 1. The molecule has 7 heteroatoms. The van der Waals surface area contributed by atoms with Crippen LogP contribution in [-0.2, 0) is 21.2 Å². The molecule has 0 aliphatic carbocycles. The molecule has 1 aromatic heterocycles. The van der Waals surface area contributed by atoms with Crippen molar-refractivity contribution in [1.82, 2.24) is 9.71 Å². The molecule has 2 heterocycles. The molecule has 0 saturated heterocycles. The van der Waals surface area contributed by atoms with Crippen molar-refractivity contribution < 1.29 is 13.2 Å². The smallest absolute Gasteiger partial charge is 0.227 e. The number of benzene rings is 1. The molecule has 2 aromatic rings. The molecule has 150 valence electrons. The number of pyridine rings is 1. The third-order valence-electron chi connectivity index (χ3n) is 5.23. The number of fused-ring (bicyclic) bond motifs is 1. The van der Waals surface area contributed by atoms with E-state index in [1.165, 1.54) is 0 Å². The zero-order chi connectivity index (χ0) is 20.5. The van der Waals surface area contributed by atoms with E-state index in [-0.39, 0.29) is 23.6 Å². The van der Waals surface area contributed by atoms with E-state index in [4.69, 9.17) is 0 Å². The van der Waals surface area contributed by atoms with Crippen LogP contribution in [0.1, 0.15) is 44.4 Å². The van der Waals surface area contributed by atoms with Crippen molar-refractivity contribution in [3.8, 4) is 11.1 Å². The molecular weight excluding hydrogens is 374 g/mol. The lowest BCUT2D eigenvalue weighted by atomic mass is 9.94. The highest BCUT2D eigenvalue weighted by Crippen LogP contribution is 2.32. The lowest BCUT2D eigenvalue weighted by Gasteiger charge is -2.26. The molecule has 0 fully saturated rings. The van der Waals surface area contributed by atoms with Gasteiger partial charge in [-0.3, -0.25) is 9.78 Å². The lowest BCUT2D eigenvalue weighted by Crippen LogP contribution is -2.33. The number of anilines is 1. The molecule has 1 aliphatic heterocycles. The molecule has 0 spiro atoms. The molecule has 0 radical (unpaired) electrons. The predicted molar refractivity (Wildman–Crippen MR) is 112 cm³/mol. The van der Waals surface area contributed by atoms with Crippen LogP contribution in [0.2, 0.25) is 0 Å². The Kier molecular flexibility index (Phi) is 5.86. The molecule has 1 atom stereocenters. The minimum absolute atomic E-state index is 0.0421. The van der Waals surface area contributed by atoms with Crippen LogP contribution in [0.5, 0.6) is 0 Å². The number of sulfonamides is 1. The summed E-state index contributed by atoms with van der Waals surface area (Å²) in [7, 11) is -1.53. The summed E-state index contributed by atoms with van der Waals surface area (Å²) < 4.78 is 27.0. The maximum Gasteiger partial charge on any atom is 0.227 e. The van der Waals surface area contributed by atoms with Gasteiger partial charge in [-0.25, -0.2) is 13.1 Å². The Balaban J connectivity index is 1.96. The number of aromatic nitrogens is 1. The molecule has 0 unspecified atom stereocenters. The Morgan fingerprint density at radius 1 is 1.14 bits per heavy atom. The van der Waals surface area contributed by atoms with Crippen LogP contribution in [-0.4, -0.2) is 32.1 Å². The fourth-order valence-corrected chi connectivity index (χ4v) is 4.45. The van der Waals surface area contributed by atoms with Crippen LogP contribution in [0.15, 0.2) is 36.7 Å². The van der Waals surface area contributed by atoms with Gasteiger partial charge in [-0.15, -0.1) is 0 Å². The van der Waals surface area contributed by atoms with E-state index in [1.54, 1.807) is 31.3 Å². The van der Waals surface area contributed by atoms with E-state index in [9.17, 15) is 13.2 Å². The van der Waals surface area contributed by atoms with Crippen molar-refractivity contribution in [2.45, 2.75) is 39.7 Å². The van der Waals surface area contributed by atoms with Gasteiger partial charge in [0.1, 0.15) is 0 Å². The number of hydrogen-bond donors (Lipinski definition) is 1. The summed E-state index contributed by atoms with van der Waals surface area (Å²) in [5.74, 6) is 0.258. The summed E-state index contributed by atoms with van der Waals surface area (Å²) in [5, 5.41) is 0. The first kappa shape index (κ1) is 20.5. The quantitative estimate of drug-likeness (QED) is 0.805. The van der Waals surface area contributed by atoms with E-state index < -0.39 is 10.0 Å². The van der Waals surface area contributed by atoms with Gasteiger partial charge in [0, 0.05) is 37.1 Å². The second-order valence-corrected chi connectivity index (χ2v) is 9.59. The van der Waals surface area contributed by atoms with Crippen molar-refractivity contribution in [2.75, 3.05) is 17.7 Å². The topological polar surface area (TPSA) is 79.4 Å². The monoisotopic (exact) mass is 401 g/mol. The van der Waals surface area contributed by atoms with Crippen molar-refractivity contribution in [3.05, 3.63) is 47.8 Å². The predicted octanol–water partition coefficient (Wildman–Crippen LogP) is 3.29. The molecule has 0 bridgehead atoms. The van der Waals surface area contributed by atoms with Gasteiger partial charge in [-0.1, -0.05) is 19.9 Å². The number of rotatable bonds is 6. The first-order valence-corrected chi connectivity index (χ1v) is 11.2. The summed E-state index contributed by atoms with van der Waals surface area (Å²) in [4.78, 5) is 18.0. The minimum Gasteiger partial charge on any atom is -0.315 e. The fourth-order valence-electron chi connectivity index (χ4n) is 3.49. The second-order valence-electron chi connectivity index (χ2n) is 7.55. The van der Waals surface area contributed by atoms with Gasteiger partial charge in [0.05, 0.1) is 11.8 Å². The van der Waals surface area contributed by atoms with Crippen LogP contribution in [0.3, 0.4) is 0 Å². The fraction of sp³-hybridized carbons (Fsp3) is 0.429. The number of hydrogen-bond acceptors (Lipinski definition) is 4. The second kappa shape index (κ2) is 8.01. The summed E-state index contributed by atoms with van der Waals surface area (Å²) in [5.41, 5.74) is 4.87. The van der Waals surface area contributed by atoms with Crippen LogP contribution >= 0.6 is 0 Å². The maximum atomic E-state index is 12.1. The third-order valence-corrected chi connectivity index (χ3v) is 6.60. The molecule has 1 aliphatic rings. The van der Waals surface area contributed by atoms with Crippen molar-refractivity contribution in [1.29, 1.82) is 0 Å². The SMILES string of the molecule is CCS(=O)(=O)N[C@@H](c1cncc(-c2ccc3c(c2)CCC(=O)N3C)c1)C(C)C. The van der Waals surface area contributed by atoms with Crippen LogP contribution in [0, 0.1) is 5.92 Å². The number of carbonyl (C=O) groups is 1. The molecule has 1 N–H and O–H groups in total. The molecule has 1 aromatic carbocycles. The number of nitrogens with one attached hydrogen (secondary N) is 1. The van der Waals surface area contributed by atoms with E-state index >= 15 is 0 Å². The highest BCUT2D eigenvalue weighted by atomic mass is 32.2.